The molecule has 0 bridgehead atoms. The first-order chi connectivity index (χ1) is 27.0. The van der Waals surface area contributed by atoms with Gasteiger partial charge in [0, 0.05) is 22.1 Å². The molecule has 0 N–H and O–H groups in total. The van der Waals surface area contributed by atoms with Crippen LogP contribution in [0.3, 0.4) is 0 Å². The van der Waals surface area contributed by atoms with E-state index in [0.29, 0.717) is 5.82 Å². The first-order valence-corrected chi connectivity index (χ1v) is 19.0. The van der Waals surface area contributed by atoms with Crippen LogP contribution < -0.4 is 0 Å². The highest BCUT2D eigenvalue weighted by Gasteiger charge is 2.37. The van der Waals surface area contributed by atoms with Crippen molar-refractivity contribution in [2.75, 3.05) is 0 Å². The lowest BCUT2D eigenvalue weighted by Crippen LogP contribution is -2.14. The fourth-order valence-electron chi connectivity index (χ4n) is 8.43. The Hall–Kier alpha value is -6.90. The molecule has 8 aromatic carbocycles. The van der Waals surface area contributed by atoms with Crippen molar-refractivity contribution in [1.82, 2.24) is 9.97 Å². The second-order valence-electron chi connectivity index (χ2n) is 15.0. The van der Waals surface area contributed by atoms with Crippen LogP contribution in [0.4, 0.5) is 0 Å². The van der Waals surface area contributed by atoms with Gasteiger partial charge in [-0.2, -0.15) is 0 Å². The molecule has 1 aliphatic rings. The maximum Gasteiger partial charge on any atom is 0.160 e. The lowest BCUT2D eigenvalue weighted by atomic mass is 9.81. The standard InChI is InChI=1S/C53H38N2/c1-53(2)47-26-14-25-45(51(47)46-32-40-19-9-10-20-41(40)33-48(46)53)43-23-11-12-24-44(43)50-34-49(54-52(55-50)38-17-7-4-8-18-38)42-22-13-21-39(31-42)37-29-27-36(28-30-37)35-15-5-3-6-16-35/h3-34H,1-2H3. The number of rotatable bonds is 6. The molecular formula is C53H38N2. The molecule has 1 heterocycles. The lowest BCUT2D eigenvalue weighted by Gasteiger charge is -2.22. The molecule has 2 nitrogen and oxygen atoms in total. The van der Waals surface area contributed by atoms with Crippen molar-refractivity contribution >= 4 is 10.8 Å². The van der Waals surface area contributed by atoms with E-state index in [1.165, 1.54) is 55.3 Å². The van der Waals surface area contributed by atoms with Crippen molar-refractivity contribution < 1.29 is 0 Å². The summed E-state index contributed by atoms with van der Waals surface area (Å²) in [5.74, 6) is 0.705. The van der Waals surface area contributed by atoms with Crippen LogP contribution in [0.5, 0.6) is 0 Å². The zero-order valence-corrected chi connectivity index (χ0v) is 30.9. The minimum Gasteiger partial charge on any atom is -0.228 e. The Morgan fingerprint density at radius 2 is 0.855 bits per heavy atom. The largest absolute Gasteiger partial charge is 0.228 e. The molecule has 55 heavy (non-hydrogen) atoms. The molecule has 1 aliphatic carbocycles. The maximum absolute atomic E-state index is 5.30. The Balaban J connectivity index is 1.12. The second kappa shape index (κ2) is 13.2. The number of hydrogen-bond donors (Lipinski definition) is 0. The van der Waals surface area contributed by atoms with Crippen LogP contribution in [-0.2, 0) is 5.41 Å². The predicted octanol–water partition coefficient (Wildman–Crippen LogP) is 13.9. The smallest absolute Gasteiger partial charge is 0.160 e. The molecule has 0 unspecified atom stereocenters. The van der Waals surface area contributed by atoms with Crippen LogP contribution in [-0.4, -0.2) is 9.97 Å². The minimum absolute atomic E-state index is 0.130. The van der Waals surface area contributed by atoms with Crippen LogP contribution in [0.2, 0.25) is 0 Å². The molecule has 10 rings (SSSR count). The monoisotopic (exact) mass is 702 g/mol. The van der Waals surface area contributed by atoms with Gasteiger partial charge in [0.1, 0.15) is 0 Å². The van der Waals surface area contributed by atoms with Crippen molar-refractivity contribution in [2.45, 2.75) is 19.3 Å². The van der Waals surface area contributed by atoms with E-state index >= 15 is 0 Å². The maximum atomic E-state index is 5.30. The van der Waals surface area contributed by atoms with Crippen LogP contribution in [0, 0.1) is 0 Å². The molecule has 0 atom stereocenters. The fourth-order valence-corrected chi connectivity index (χ4v) is 8.43. The lowest BCUT2D eigenvalue weighted by molar-refractivity contribution is 0.661. The zero-order chi connectivity index (χ0) is 36.9. The van der Waals surface area contributed by atoms with Gasteiger partial charge in [-0.1, -0.05) is 184 Å². The van der Waals surface area contributed by atoms with Gasteiger partial charge in [0.15, 0.2) is 5.82 Å². The first-order valence-electron chi connectivity index (χ1n) is 19.0. The van der Waals surface area contributed by atoms with Gasteiger partial charge in [-0.05, 0) is 90.7 Å². The van der Waals surface area contributed by atoms with E-state index in [1.807, 2.05) is 6.07 Å². The zero-order valence-electron chi connectivity index (χ0n) is 30.9. The van der Waals surface area contributed by atoms with E-state index in [4.69, 9.17) is 9.97 Å². The molecule has 0 saturated heterocycles. The summed E-state index contributed by atoms with van der Waals surface area (Å²) in [7, 11) is 0. The van der Waals surface area contributed by atoms with Crippen molar-refractivity contribution in [2.24, 2.45) is 0 Å². The van der Waals surface area contributed by atoms with Gasteiger partial charge in [-0.15, -0.1) is 0 Å². The van der Waals surface area contributed by atoms with E-state index in [0.717, 1.165) is 39.2 Å². The third-order valence-electron chi connectivity index (χ3n) is 11.3. The van der Waals surface area contributed by atoms with Crippen molar-refractivity contribution in [3.63, 3.8) is 0 Å². The summed E-state index contributed by atoms with van der Waals surface area (Å²) in [5.41, 5.74) is 17.2. The number of aromatic nitrogens is 2. The van der Waals surface area contributed by atoms with Gasteiger partial charge in [0.05, 0.1) is 11.4 Å². The van der Waals surface area contributed by atoms with Gasteiger partial charge in [-0.25, -0.2) is 9.97 Å². The topological polar surface area (TPSA) is 25.8 Å². The normalized spacial score (nSPS) is 12.7. The Bertz CT molecular complexity index is 2870. The van der Waals surface area contributed by atoms with Crippen molar-refractivity contribution in [3.8, 4) is 78.4 Å². The molecule has 0 amide bonds. The second-order valence-corrected chi connectivity index (χ2v) is 15.0. The number of hydrogen-bond acceptors (Lipinski definition) is 2. The minimum atomic E-state index is -0.130. The van der Waals surface area contributed by atoms with E-state index in [1.54, 1.807) is 0 Å². The average Bonchev–Trinajstić information content (AvgIpc) is 3.48. The van der Waals surface area contributed by atoms with Gasteiger partial charge >= 0.3 is 0 Å². The fraction of sp³-hybridized carbons (Fsp3) is 0.0566. The predicted molar refractivity (Wildman–Crippen MR) is 230 cm³/mol. The molecule has 2 heteroatoms. The highest BCUT2D eigenvalue weighted by atomic mass is 14.9. The van der Waals surface area contributed by atoms with Crippen LogP contribution >= 0.6 is 0 Å². The molecular weight excluding hydrogens is 665 g/mol. The number of nitrogens with zero attached hydrogens (tertiary/aromatic N) is 2. The highest BCUT2D eigenvalue weighted by Crippen LogP contribution is 2.54. The summed E-state index contributed by atoms with van der Waals surface area (Å²) < 4.78 is 0. The average molecular weight is 703 g/mol. The summed E-state index contributed by atoms with van der Waals surface area (Å²) in [4.78, 5) is 10.5. The molecule has 0 saturated carbocycles. The number of benzene rings is 8. The van der Waals surface area contributed by atoms with E-state index in [2.05, 4.69) is 202 Å². The Kier molecular flexibility index (Phi) is 7.85. The molecule has 1 aromatic heterocycles. The van der Waals surface area contributed by atoms with E-state index in [-0.39, 0.29) is 5.41 Å². The summed E-state index contributed by atoms with van der Waals surface area (Å²) in [6.45, 7) is 4.72. The van der Waals surface area contributed by atoms with Crippen LogP contribution in [0.15, 0.2) is 194 Å². The molecule has 0 fully saturated rings. The van der Waals surface area contributed by atoms with E-state index < -0.39 is 0 Å². The van der Waals surface area contributed by atoms with E-state index in [9.17, 15) is 0 Å². The van der Waals surface area contributed by atoms with Crippen molar-refractivity contribution in [3.05, 3.63) is 205 Å². The summed E-state index contributed by atoms with van der Waals surface area (Å²) in [5, 5.41) is 2.54. The van der Waals surface area contributed by atoms with Gasteiger partial charge in [0.25, 0.3) is 0 Å². The Morgan fingerprint density at radius 1 is 0.327 bits per heavy atom. The molecule has 0 spiro atoms. The highest BCUT2D eigenvalue weighted by molar-refractivity contribution is 6.00. The molecule has 0 aliphatic heterocycles. The number of fused-ring (bicyclic) bond motifs is 4. The summed E-state index contributed by atoms with van der Waals surface area (Å²) in [6, 6.07) is 69.6. The Labute approximate surface area is 322 Å². The molecule has 0 radical (unpaired) electrons. The molecule has 260 valence electrons. The van der Waals surface area contributed by atoms with Gasteiger partial charge in [-0.3, -0.25) is 0 Å². The van der Waals surface area contributed by atoms with Crippen molar-refractivity contribution in [1.29, 1.82) is 0 Å². The van der Waals surface area contributed by atoms with Crippen LogP contribution in [0.25, 0.3) is 89.2 Å². The SMILES string of the molecule is CC1(C)c2cc3ccccc3cc2-c2c(-c3ccccc3-c3cc(-c4cccc(-c5ccc(-c6ccccc6)cc5)c4)nc(-c4ccccc4)n3)cccc21. The quantitative estimate of drug-likeness (QED) is 0.172. The van der Waals surface area contributed by atoms with Gasteiger partial charge in [0.2, 0.25) is 0 Å². The third kappa shape index (κ3) is 5.75. The van der Waals surface area contributed by atoms with Gasteiger partial charge < -0.3 is 0 Å². The third-order valence-corrected chi connectivity index (χ3v) is 11.3. The summed E-state index contributed by atoms with van der Waals surface area (Å²) >= 11 is 0. The first kappa shape index (κ1) is 32.7. The van der Waals surface area contributed by atoms with Crippen LogP contribution in [0.1, 0.15) is 25.0 Å². The Morgan fingerprint density at radius 3 is 1.60 bits per heavy atom. The molecule has 9 aromatic rings. The summed E-state index contributed by atoms with van der Waals surface area (Å²) in [6.07, 6.45) is 0.